The predicted octanol–water partition coefficient (Wildman–Crippen LogP) is 2.14. The summed E-state index contributed by atoms with van der Waals surface area (Å²) in [5, 5.41) is 0. The number of benzene rings is 1. The third-order valence-electron chi connectivity index (χ3n) is 4.09. The minimum absolute atomic E-state index is 0.0987. The van der Waals surface area contributed by atoms with Gasteiger partial charge >= 0.3 is 0 Å². The molecule has 0 N–H and O–H groups in total. The number of hydrogen-bond donors (Lipinski definition) is 0. The van der Waals surface area contributed by atoms with Gasteiger partial charge in [-0.1, -0.05) is 13.0 Å². The van der Waals surface area contributed by atoms with Crippen molar-refractivity contribution in [3.05, 3.63) is 35.1 Å². The van der Waals surface area contributed by atoms with Crippen LogP contribution in [0.5, 0.6) is 0 Å². The maximum atomic E-state index is 13.4. The molecule has 0 saturated heterocycles. The van der Waals surface area contributed by atoms with Gasteiger partial charge in [-0.2, -0.15) is 0 Å². The minimum Gasteiger partial charge on any atom is -0.356 e. The zero-order valence-corrected chi connectivity index (χ0v) is 11.4. The standard InChI is InChI=1S/C15H15FN2O2/c1-3-13-17-11-7-12(18(13)2)9-5-4-8(16)6-10(9)14(19)15(11)20/h4-6,11-12H,3,7H2,1-2H3. The maximum absolute atomic E-state index is 13.4. The summed E-state index contributed by atoms with van der Waals surface area (Å²) in [6.45, 7) is 1.96. The Balaban J connectivity index is 2.21. The number of Topliss-reactive ketones (excluding diaryl/α,β-unsaturated/α-hetero) is 2. The third kappa shape index (κ3) is 1.77. The summed E-state index contributed by atoms with van der Waals surface area (Å²) in [7, 11) is 1.90. The normalized spacial score (nSPS) is 25.1. The lowest BCUT2D eigenvalue weighted by atomic mass is 9.96. The fourth-order valence-corrected chi connectivity index (χ4v) is 3.01. The molecule has 5 heteroatoms. The van der Waals surface area contributed by atoms with Crippen LogP contribution in [0.3, 0.4) is 0 Å². The van der Waals surface area contributed by atoms with Crippen molar-refractivity contribution < 1.29 is 14.0 Å². The summed E-state index contributed by atoms with van der Waals surface area (Å²) in [5.41, 5.74) is 0.900. The van der Waals surface area contributed by atoms with Gasteiger partial charge in [-0.3, -0.25) is 14.6 Å². The number of nitrogens with zero attached hydrogens (tertiary/aromatic N) is 2. The van der Waals surface area contributed by atoms with Crippen LogP contribution in [0, 0.1) is 5.82 Å². The fraction of sp³-hybridized carbons (Fsp3) is 0.400. The molecule has 1 aromatic carbocycles. The molecule has 0 fully saturated rings. The molecule has 3 rings (SSSR count). The van der Waals surface area contributed by atoms with Crippen molar-refractivity contribution in [2.24, 2.45) is 4.99 Å². The molecule has 2 unspecified atom stereocenters. The van der Waals surface area contributed by atoms with Crippen LogP contribution in [-0.4, -0.2) is 35.4 Å². The van der Waals surface area contributed by atoms with Crippen molar-refractivity contribution in [1.82, 2.24) is 4.90 Å². The monoisotopic (exact) mass is 274 g/mol. The highest BCUT2D eigenvalue weighted by Gasteiger charge is 2.40. The number of fused-ring (bicyclic) bond motifs is 4. The van der Waals surface area contributed by atoms with Crippen LogP contribution < -0.4 is 0 Å². The number of aliphatic imine (C=N–C) groups is 1. The largest absolute Gasteiger partial charge is 0.356 e. The Morgan fingerprint density at radius 3 is 2.85 bits per heavy atom. The van der Waals surface area contributed by atoms with Crippen molar-refractivity contribution in [1.29, 1.82) is 0 Å². The number of rotatable bonds is 1. The number of hydrogen-bond acceptors (Lipinski definition) is 4. The number of carbonyl (C=O) groups excluding carboxylic acids is 2. The van der Waals surface area contributed by atoms with Crippen molar-refractivity contribution in [3.8, 4) is 0 Å². The zero-order valence-electron chi connectivity index (χ0n) is 11.4. The second kappa shape index (κ2) is 4.51. The highest BCUT2D eigenvalue weighted by atomic mass is 19.1. The Hall–Kier alpha value is -2.04. The minimum atomic E-state index is -0.630. The van der Waals surface area contributed by atoms with E-state index in [9.17, 15) is 14.0 Å². The zero-order chi connectivity index (χ0) is 14.4. The Kier molecular flexibility index (Phi) is 2.92. The van der Waals surface area contributed by atoms with E-state index in [1.54, 1.807) is 6.07 Å². The van der Waals surface area contributed by atoms with E-state index in [2.05, 4.69) is 4.99 Å². The Bertz CT molecular complexity index is 639. The van der Waals surface area contributed by atoms with Crippen LogP contribution in [0.2, 0.25) is 0 Å². The third-order valence-corrected chi connectivity index (χ3v) is 4.09. The van der Waals surface area contributed by atoms with E-state index in [1.807, 2.05) is 18.9 Å². The van der Waals surface area contributed by atoms with Gasteiger partial charge in [0.25, 0.3) is 0 Å². The van der Waals surface area contributed by atoms with Gasteiger partial charge in [-0.05, 0) is 17.7 Å². The number of halogens is 1. The summed E-state index contributed by atoms with van der Waals surface area (Å²) in [5.74, 6) is -0.842. The first-order chi connectivity index (χ1) is 9.52. The van der Waals surface area contributed by atoms with Gasteiger partial charge in [-0.15, -0.1) is 0 Å². The SMILES string of the molecule is CCC1=NC2CC(c3ccc(F)cc3C(=O)C2=O)N1C. The number of carbonyl (C=O) groups is 2. The van der Waals surface area contributed by atoms with E-state index in [0.717, 1.165) is 17.5 Å². The second-order valence-electron chi connectivity index (χ2n) is 5.20. The van der Waals surface area contributed by atoms with E-state index >= 15 is 0 Å². The van der Waals surface area contributed by atoms with E-state index in [-0.39, 0.29) is 11.6 Å². The van der Waals surface area contributed by atoms with Crippen molar-refractivity contribution in [2.75, 3.05) is 7.05 Å². The maximum Gasteiger partial charge on any atom is 0.231 e. The number of amidine groups is 1. The molecule has 1 aliphatic heterocycles. The summed E-state index contributed by atoms with van der Waals surface area (Å²) in [4.78, 5) is 30.8. The van der Waals surface area contributed by atoms with Gasteiger partial charge < -0.3 is 4.90 Å². The molecule has 4 nitrogen and oxygen atoms in total. The molecule has 1 aromatic rings. The van der Waals surface area contributed by atoms with E-state index < -0.39 is 23.4 Å². The predicted molar refractivity (Wildman–Crippen MR) is 72.4 cm³/mol. The average Bonchev–Trinajstić information content (AvgIpc) is 2.53. The van der Waals surface area contributed by atoms with Crippen LogP contribution in [0.25, 0.3) is 0 Å². The van der Waals surface area contributed by atoms with Gasteiger partial charge in [0.1, 0.15) is 11.9 Å². The van der Waals surface area contributed by atoms with Crippen LogP contribution in [-0.2, 0) is 4.79 Å². The molecule has 0 radical (unpaired) electrons. The lowest BCUT2D eigenvalue weighted by Gasteiger charge is -2.35. The highest BCUT2D eigenvalue weighted by molar-refractivity contribution is 6.46. The summed E-state index contributed by atoms with van der Waals surface area (Å²) in [6.07, 6.45) is 1.17. The van der Waals surface area contributed by atoms with E-state index in [0.29, 0.717) is 12.8 Å². The number of ketones is 2. The fourth-order valence-electron chi connectivity index (χ4n) is 3.01. The average molecular weight is 274 g/mol. The molecule has 0 amide bonds. The first-order valence-corrected chi connectivity index (χ1v) is 6.70. The van der Waals surface area contributed by atoms with Gasteiger partial charge in [-0.25, -0.2) is 4.39 Å². The van der Waals surface area contributed by atoms with Crippen LogP contribution in [0.4, 0.5) is 4.39 Å². The Morgan fingerprint density at radius 2 is 2.15 bits per heavy atom. The molecule has 2 atom stereocenters. The molecule has 0 aromatic heterocycles. The molecular formula is C15H15FN2O2. The molecule has 2 aliphatic rings. The quantitative estimate of drug-likeness (QED) is 0.737. The summed E-state index contributed by atoms with van der Waals surface area (Å²) in [6, 6.07) is 3.38. The first-order valence-electron chi connectivity index (χ1n) is 6.70. The van der Waals surface area contributed by atoms with Crippen molar-refractivity contribution >= 4 is 17.4 Å². The van der Waals surface area contributed by atoms with Crippen molar-refractivity contribution in [2.45, 2.75) is 31.8 Å². The highest BCUT2D eigenvalue weighted by Crippen LogP contribution is 2.36. The Labute approximate surface area is 116 Å². The van der Waals surface area contributed by atoms with Gasteiger partial charge in [0.2, 0.25) is 11.6 Å². The van der Waals surface area contributed by atoms with Crippen LogP contribution in [0.1, 0.15) is 41.7 Å². The topological polar surface area (TPSA) is 49.7 Å². The van der Waals surface area contributed by atoms with Gasteiger partial charge in [0.05, 0.1) is 11.9 Å². The molecule has 2 bridgehead atoms. The van der Waals surface area contributed by atoms with Gasteiger partial charge in [0.15, 0.2) is 0 Å². The van der Waals surface area contributed by atoms with Gasteiger partial charge in [0, 0.05) is 25.5 Å². The molecule has 0 spiro atoms. The summed E-state index contributed by atoms with van der Waals surface area (Å²) >= 11 is 0. The molecule has 104 valence electrons. The summed E-state index contributed by atoms with van der Waals surface area (Å²) < 4.78 is 13.4. The molecule has 0 saturated carbocycles. The molecule has 1 aliphatic carbocycles. The molecular weight excluding hydrogens is 259 g/mol. The smallest absolute Gasteiger partial charge is 0.231 e. The Morgan fingerprint density at radius 1 is 1.40 bits per heavy atom. The lowest BCUT2D eigenvalue weighted by Crippen LogP contribution is -2.39. The first kappa shape index (κ1) is 13.0. The second-order valence-corrected chi connectivity index (χ2v) is 5.20. The van der Waals surface area contributed by atoms with Crippen LogP contribution in [0.15, 0.2) is 23.2 Å². The van der Waals surface area contributed by atoms with Crippen LogP contribution >= 0.6 is 0 Å². The van der Waals surface area contributed by atoms with E-state index in [4.69, 9.17) is 0 Å². The lowest BCUT2D eigenvalue weighted by molar-refractivity contribution is -0.116. The van der Waals surface area contributed by atoms with Crippen molar-refractivity contribution in [3.63, 3.8) is 0 Å². The molecule has 1 heterocycles. The van der Waals surface area contributed by atoms with E-state index in [1.165, 1.54) is 6.07 Å². The molecule has 20 heavy (non-hydrogen) atoms.